The number of halogens is 8. The van der Waals surface area contributed by atoms with Crippen molar-refractivity contribution in [1.29, 1.82) is 0 Å². The lowest BCUT2D eigenvalue weighted by Crippen LogP contribution is -2.52. The highest BCUT2D eigenvalue weighted by molar-refractivity contribution is 5.97. The highest BCUT2D eigenvalue weighted by atomic mass is 19.4. The van der Waals surface area contributed by atoms with E-state index >= 15 is 0 Å². The molecule has 2 saturated heterocycles. The van der Waals surface area contributed by atoms with Gasteiger partial charge in [-0.05, 0) is 31.4 Å². The molecule has 1 aromatic heterocycles. The first kappa shape index (κ1) is 27.8. The first-order valence-corrected chi connectivity index (χ1v) is 11.5. The molecule has 3 heterocycles. The van der Waals surface area contributed by atoms with Gasteiger partial charge in [0.1, 0.15) is 17.7 Å². The summed E-state index contributed by atoms with van der Waals surface area (Å²) in [4.78, 5) is 27.4. The zero-order valence-corrected chi connectivity index (χ0v) is 19.6. The summed E-state index contributed by atoms with van der Waals surface area (Å²) < 4.78 is 116. The molecular formula is C23H21F8N3O4. The van der Waals surface area contributed by atoms with Crippen LogP contribution >= 0.6 is 0 Å². The summed E-state index contributed by atoms with van der Waals surface area (Å²) in [5, 5.41) is 5.67. The van der Waals surface area contributed by atoms with E-state index in [1.807, 2.05) is 0 Å². The number of ether oxygens (including phenoxy) is 1. The van der Waals surface area contributed by atoms with E-state index < -0.39 is 82.4 Å². The first-order valence-electron chi connectivity index (χ1n) is 11.5. The van der Waals surface area contributed by atoms with Gasteiger partial charge in [-0.25, -0.2) is 8.78 Å². The lowest BCUT2D eigenvalue weighted by molar-refractivity contribution is -0.155. The lowest BCUT2D eigenvalue weighted by Gasteiger charge is -2.36. The van der Waals surface area contributed by atoms with Crippen molar-refractivity contribution < 1.29 is 54.0 Å². The molecule has 0 radical (unpaired) electrons. The molecular weight excluding hydrogens is 534 g/mol. The monoisotopic (exact) mass is 555 g/mol. The van der Waals surface area contributed by atoms with E-state index in [1.165, 1.54) is 0 Å². The van der Waals surface area contributed by atoms with Gasteiger partial charge >= 0.3 is 12.4 Å². The predicted octanol–water partition coefficient (Wildman–Crippen LogP) is 4.88. The van der Waals surface area contributed by atoms with Crippen LogP contribution in [0.1, 0.15) is 59.6 Å². The van der Waals surface area contributed by atoms with Crippen LogP contribution in [0.4, 0.5) is 35.1 Å². The fourth-order valence-corrected chi connectivity index (χ4v) is 4.65. The molecule has 3 atom stereocenters. The smallest absolute Gasteiger partial charge is 0.381 e. The second kappa shape index (κ2) is 10.2. The number of benzene rings is 1. The Morgan fingerprint density at radius 3 is 2.26 bits per heavy atom. The van der Waals surface area contributed by atoms with Gasteiger partial charge in [0.15, 0.2) is 5.69 Å². The standard InChI is InChI=1S/C23H21F8N3O4/c1-2-11-3-4-17(34(11)21(36)16-7-18(38-33-16)23(29,30)31)20(35)32-19(10-8-37-9-10)12-5-15(25)13(6-14(12)24)22(26,27)28/h5-7,10-11,17,19H,2-4,8-9H2,1H3,(H,32,35)/t11-,17-,19?/m1/s1. The van der Waals surface area contributed by atoms with Crippen molar-refractivity contribution in [2.24, 2.45) is 5.92 Å². The van der Waals surface area contributed by atoms with Crippen LogP contribution in [0.5, 0.6) is 0 Å². The van der Waals surface area contributed by atoms with Gasteiger partial charge < -0.3 is 19.5 Å². The molecule has 0 spiro atoms. The Balaban J connectivity index is 1.61. The van der Waals surface area contributed by atoms with E-state index in [1.54, 1.807) is 6.92 Å². The summed E-state index contributed by atoms with van der Waals surface area (Å²) >= 11 is 0. The highest BCUT2D eigenvalue weighted by Gasteiger charge is 2.45. The Morgan fingerprint density at radius 1 is 1.05 bits per heavy atom. The molecule has 1 N–H and O–H groups in total. The molecule has 1 aromatic carbocycles. The van der Waals surface area contributed by atoms with Gasteiger partial charge in [-0.1, -0.05) is 12.1 Å². The van der Waals surface area contributed by atoms with Crippen LogP contribution in [-0.4, -0.2) is 47.2 Å². The third-order valence-electron chi connectivity index (χ3n) is 6.68. The average molecular weight is 555 g/mol. The van der Waals surface area contributed by atoms with E-state index in [4.69, 9.17) is 4.74 Å². The molecule has 0 bridgehead atoms. The van der Waals surface area contributed by atoms with E-state index in [9.17, 15) is 44.7 Å². The molecule has 2 aliphatic rings. The van der Waals surface area contributed by atoms with Crippen LogP contribution in [0, 0.1) is 17.6 Å². The normalized spacial score (nSPS) is 21.3. The van der Waals surface area contributed by atoms with Crippen molar-refractivity contribution in [3.8, 4) is 0 Å². The van der Waals surface area contributed by atoms with Crippen molar-refractivity contribution in [3.05, 3.63) is 52.4 Å². The number of hydrogen-bond acceptors (Lipinski definition) is 5. The number of nitrogens with one attached hydrogen (secondary N) is 1. The van der Waals surface area contributed by atoms with Crippen molar-refractivity contribution >= 4 is 11.8 Å². The fraction of sp³-hybridized carbons (Fsp3) is 0.522. The maximum absolute atomic E-state index is 14.8. The highest BCUT2D eigenvalue weighted by Crippen LogP contribution is 2.37. The first-order chi connectivity index (χ1) is 17.7. The summed E-state index contributed by atoms with van der Waals surface area (Å²) in [5.41, 5.74) is -3.01. The minimum absolute atomic E-state index is 0.00289. The Bertz CT molecular complexity index is 1210. The molecule has 2 aromatic rings. The molecule has 15 heteroatoms. The largest absolute Gasteiger partial charge is 0.452 e. The number of likely N-dealkylation sites (tertiary alicyclic amines) is 1. The Labute approximate surface area is 210 Å². The zero-order chi connectivity index (χ0) is 28.0. The predicted molar refractivity (Wildman–Crippen MR) is 111 cm³/mol. The second-order valence-corrected chi connectivity index (χ2v) is 9.08. The number of hydrogen-bond donors (Lipinski definition) is 1. The molecule has 2 aliphatic heterocycles. The molecule has 4 rings (SSSR count). The van der Waals surface area contributed by atoms with Crippen LogP contribution in [0.15, 0.2) is 22.7 Å². The topological polar surface area (TPSA) is 84.7 Å². The van der Waals surface area contributed by atoms with E-state index in [-0.39, 0.29) is 25.7 Å². The number of aromatic nitrogens is 1. The van der Waals surface area contributed by atoms with Crippen LogP contribution in [-0.2, 0) is 21.9 Å². The maximum Gasteiger partial charge on any atom is 0.452 e. The minimum atomic E-state index is -5.14. The number of carbonyl (C=O) groups is 2. The van der Waals surface area contributed by atoms with Crippen molar-refractivity contribution in [2.75, 3.05) is 13.2 Å². The summed E-state index contributed by atoms with van der Waals surface area (Å²) in [7, 11) is 0. The summed E-state index contributed by atoms with van der Waals surface area (Å²) in [6, 6.07) is -2.28. The quantitative estimate of drug-likeness (QED) is 0.514. The number of nitrogens with zero attached hydrogens (tertiary/aromatic N) is 2. The van der Waals surface area contributed by atoms with Gasteiger partial charge in [0.05, 0.1) is 24.8 Å². The minimum Gasteiger partial charge on any atom is -0.381 e. The third-order valence-corrected chi connectivity index (χ3v) is 6.68. The number of rotatable bonds is 6. The molecule has 1 unspecified atom stereocenters. The van der Waals surface area contributed by atoms with Crippen LogP contribution in [0.25, 0.3) is 0 Å². The lowest BCUT2D eigenvalue weighted by atomic mass is 9.90. The third kappa shape index (κ3) is 5.33. The van der Waals surface area contributed by atoms with Crippen molar-refractivity contribution in [1.82, 2.24) is 15.4 Å². The van der Waals surface area contributed by atoms with E-state index in [0.717, 1.165) is 4.90 Å². The number of carbonyl (C=O) groups excluding carboxylic acids is 2. The molecule has 38 heavy (non-hydrogen) atoms. The summed E-state index contributed by atoms with van der Waals surface area (Å²) in [6.45, 7) is 1.69. The van der Waals surface area contributed by atoms with Crippen LogP contribution in [0.3, 0.4) is 0 Å². The fourth-order valence-electron chi connectivity index (χ4n) is 4.65. The maximum atomic E-state index is 14.8. The number of alkyl halides is 6. The number of amides is 2. The van der Waals surface area contributed by atoms with E-state index in [0.29, 0.717) is 25.0 Å². The Hall–Kier alpha value is -3.23. The van der Waals surface area contributed by atoms with Gasteiger partial charge in [0.2, 0.25) is 11.7 Å². The second-order valence-electron chi connectivity index (χ2n) is 9.08. The summed E-state index contributed by atoms with van der Waals surface area (Å²) in [6.07, 6.45) is -9.29. The molecule has 0 saturated carbocycles. The van der Waals surface area contributed by atoms with Gasteiger partial charge in [-0.3, -0.25) is 9.59 Å². The molecule has 2 fully saturated rings. The van der Waals surface area contributed by atoms with E-state index in [2.05, 4.69) is 15.0 Å². The van der Waals surface area contributed by atoms with Crippen LogP contribution in [0.2, 0.25) is 0 Å². The van der Waals surface area contributed by atoms with Gasteiger partial charge in [-0.2, -0.15) is 26.3 Å². The Kier molecular flexibility index (Phi) is 7.43. The van der Waals surface area contributed by atoms with Gasteiger partial charge in [0.25, 0.3) is 5.91 Å². The van der Waals surface area contributed by atoms with Gasteiger partial charge in [-0.15, -0.1) is 0 Å². The molecule has 208 valence electrons. The van der Waals surface area contributed by atoms with Crippen molar-refractivity contribution in [2.45, 2.75) is 56.7 Å². The average Bonchev–Trinajstić information content (AvgIpc) is 3.45. The van der Waals surface area contributed by atoms with Crippen LogP contribution < -0.4 is 5.32 Å². The van der Waals surface area contributed by atoms with Crippen molar-refractivity contribution in [3.63, 3.8) is 0 Å². The molecule has 0 aliphatic carbocycles. The molecule has 7 nitrogen and oxygen atoms in total. The Morgan fingerprint density at radius 2 is 1.74 bits per heavy atom. The molecule has 2 amide bonds. The SMILES string of the molecule is CC[C@@H]1CC[C@H](C(=O)NC(c2cc(F)c(C(F)(F)F)cc2F)C2COC2)N1C(=O)c1cc(C(F)(F)F)on1. The summed E-state index contributed by atoms with van der Waals surface area (Å²) in [5.74, 6) is -7.08. The van der Waals surface area contributed by atoms with Gasteiger partial charge in [0, 0.05) is 23.6 Å². The zero-order valence-electron chi connectivity index (χ0n) is 19.6.